The monoisotopic (exact) mass is 389 g/mol. The summed E-state index contributed by atoms with van der Waals surface area (Å²) in [7, 11) is 0. The molecule has 1 heterocycles. The van der Waals surface area contributed by atoms with Crippen LogP contribution < -0.4 is 5.48 Å². The molecule has 5 heteroatoms. The van der Waals surface area contributed by atoms with Gasteiger partial charge in [0.2, 0.25) is 0 Å². The molecule has 150 valence electrons. The number of aryl methyl sites for hydroxylation is 1. The number of rotatable bonds is 7. The first-order valence-electron chi connectivity index (χ1n) is 10.2. The highest BCUT2D eigenvalue weighted by Crippen LogP contribution is 2.36. The lowest BCUT2D eigenvalue weighted by Crippen LogP contribution is -2.30. The van der Waals surface area contributed by atoms with Gasteiger partial charge in [0.05, 0.1) is 0 Å². The van der Waals surface area contributed by atoms with E-state index < -0.39 is 5.91 Å². The number of hydrogen-bond donors (Lipinski definition) is 2. The van der Waals surface area contributed by atoms with E-state index in [9.17, 15) is 4.79 Å². The van der Waals surface area contributed by atoms with E-state index in [1.54, 1.807) is 11.6 Å². The predicted octanol–water partition coefficient (Wildman–Crippen LogP) is 4.17. The summed E-state index contributed by atoms with van der Waals surface area (Å²) in [6.07, 6.45) is 7.43. The number of amides is 1. The lowest BCUT2D eigenvalue weighted by Gasteiger charge is -2.28. The molecular weight excluding hydrogens is 362 g/mol. The van der Waals surface area contributed by atoms with Gasteiger partial charge in [0, 0.05) is 36.9 Å². The molecule has 0 saturated carbocycles. The Morgan fingerprint density at radius 2 is 2.14 bits per heavy atom. The highest BCUT2D eigenvalue weighted by atomic mass is 16.5. The molecule has 1 unspecified atom stereocenters. The van der Waals surface area contributed by atoms with Crippen LogP contribution in [-0.2, 0) is 17.8 Å². The van der Waals surface area contributed by atoms with Gasteiger partial charge >= 0.3 is 0 Å². The quantitative estimate of drug-likeness (QED) is 0.362. The minimum Gasteiger partial charge on any atom is -0.346 e. The summed E-state index contributed by atoms with van der Waals surface area (Å²) in [5, 5.41) is 9.90. The Morgan fingerprint density at radius 3 is 2.97 bits per heavy atom. The third kappa shape index (κ3) is 4.11. The second-order valence-corrected chi connectivity index (χ2v) is 7.52. The van der Waals surface area contributed by atoms with Crippen LogP contribution in [0, 0.1) is 0 Å². The molecule has 1 aliphatic carbocycles. The van der Waals surface area contributed by atoms with E-state index in [-0.39, 0.29) is 0 Å². The van der Waals surface area contributed by atoms with Crippen LogP contribution in [0.25, 0.3) is 17.0 Å². The number of carbonyl (C=O) groups is 1. The van der Waals surface area contributed by atoms with Crippen LogP contribution in [0.15, 0.2) is 60.8 Å². The van der Waals surface area contributed by atoms with E-state index in [1.165, 1.54) is 28.1 Å². The third-order valence-corrected chi connectivity index (χ3v) is 5.91. The molecule has 2 N–H and O–H groups in total. The van der Waals surface area contributed by atoms with Gasteiger partial charge in [0.25, 0.3) is 5.91 Å². The van der Waals surface area contributed by atoms with Gasteiger partial charge in [-0.1, -0.05) is 43.3 Å². The van der Waals surface area contributed by atoms with Gasteiger partial charge < -0.3 is 4.57 Å². The number of fused-ring (bicyclic) bond motifs is 2. The maximum Gasteiger partial charge on any atom is 0.267 e. The van der Waals surface area contributed by atoms with E-state index in [0.29, 0.717) is 6.04 Å². The topological polar surface area (TPSA) is 57.5 Å². The van der Waals surface area contributed by atoms with Crippen molar-refractivity contribution < 1.29 is 10.0 Å². The van der Waals surface area contributed by atoms with Crippen LogP contribution in [0.4, 0.5) is 0 Å². The van der Waals surface area contributed by atoms with Crippen LogP contribution in [0.5, 0.6) is 0 Å². The van der Waals surface area contributed by atoms with Gasteiger partial charge in [-0.15, -0.1) is 0 Å². The number of para-hydroxylation sites is 1. The standard InChI is InChI=1S/C24H27N3O2/c1-2-26(15-16-27-14-13-19-5-3-4-6-22(19)27)23-11-9-20-17-18(7-10-21(20)23)8-12-24(28)25-29/h3-8,10,12-14,17,23,29H,2,9,11,15-16H2,1H3,(H,25,28). The normalized spacial score (nSPS) is 16.0. The molecule has 0 fully saturated rings. The van der Waals surface area contributed by atoms with Gasteiger partial charge in [-0.3, -0.25) is 14.9 Å². The Hall–Kier alpha value is -2.89. The number of aromatic nitrogens is 1. The average molecular weight is 389 g/mol. The molecular formula is C24H27N3O2. The van der Waals surface area contributed by atoms with Gasteiger partial charge in [0.15, 0.2) is 0 Å². The van der Waals surface area contributed by atoms with Gasteiger partial charge in [-0.05, 0) is 59.7 Å². The van der Waals surface area contributed by atoms with Crippen molar-refractivity contribution in [2.45, 2.75) is 32.4 Å². The SMILES string of the molecule is CCN(CCn1ccc2ccccc21)C1CCc2cc(C=CC(=O)NO)ccc21. The number of nitrogens with one attached hydrogen (secondary N) is 1. The van der Waals surface area contributed by atoms with Crippen molar-refractivity contribution in [3.8, 4) is 0 Å². The van der Waals surface area contributed by atoms with Crippen LogP contribution >= 0.6 is 0 Å². The number of nitrogens with zero attached hydrogens (tertiary/aromatic N) is 2. The Morgan fingerprint density at radius 1 is 1.28 bits per heavy atom. The first-order valence-corrected chi connectivity index (χ1v) is 10.2. The van der Waals surface area contributed by atoms with Crippen molar-refractivity contribution in [3.05, 3.63) is 77.5 Å². The Balaban J connectivity index is 1.47. The van der Waals surface area contributed by atoms with E-state index in [1.807, 2.05) is 6.07 Å². The second-order valence-electron chi connectivity index (χ2n) is 7.52. The highest BCUT2D eigenvalue weighted by Gasteiger charge is 2.27. The molecule has 5 nitrogen and oxygen atoms in total. The summed E-state index contributed by atoms with van der Waals surface area (Å²) in [6, 6.07) is 17.5. The molecule has 3 aromatic rings. The number of hydrogen-bond acceptors (Lipinski definition) is 3. The Bertz CT molecular complexity index is 1040. The fourth-order valence-corrected chi connectivity index (χ4v) is 4.41. The minimum absolute atomic E-state index is 0.440. The number of carbonyl (C=O) groups excluding carboxylic acids is 1. The zero-order chi connectivity index (χ0) is 20.2. The average Bonchev–Trinajstić information content (AvgIpc) is 3.37. The predicted molar refractivity (Wildman–Crippen MR) is 116 cm³/mol. The molecule has 2 aromatic carbocycles. The summed E-state index contributed by atoms with van der Waals surface area (Å²) < 4.78 is 2.34. The first-order chi connectivity index (χ1) is 14.2. The van der Waals surface area contributed by atoms with Gasteiger partial charge in [0.1, 0.15) is 0 Å². The Labute approximate surface area is 171 Å². The molecule has 0 aliphatic heterocycles. The number of benzene rings is 2. The van der Waals surface area contributed by atoms with E-state index in [4.69, 9.17) is 5.21 Å². The maximum atomic E-state index is 11.2. The fraction of sp³-hybridized carbons (Fsp3) is 0.292. The smallest absolute Gasteiger partial charge is 0.267 e. The zero-order valence-corrected chi connectivity index (χ0v) is 16.7. The minimum atomic E-state index is -0.516. The summed E-state index contributed by atoms with van der Waals surface area (Å²) in [5.74, 6) is -0.516. The highest BCUT2D eigenvalue weighted by molar-refractivity contribution is 5.90. The van der Waals surface area contributed by atoms with Crippen molar-refractivity contribution in [3.63, 3.8) is 0 Å². The third-order valence-electron chi connectivity index (χ3n) is 5.91. The Kier molecular flexibility index (Phi) is 5.79. The van der Waals surface area contributed by atoms with E-state index in [2.05, 4.69) is 65.1 Å². The van der Waals surface area contributed by atoms with Crippen molar-refractivity contribution in [2.24, 2.45) is 0 Å². The van der Waals surface area contributed by atoms with E-state index in [0.717, 1.165) is 38.0 Å². The first kappa shape index (κ1) is 19.4. The van der Waals surface area contributed by atoms with Gasteiger partial charge in [-0.25, -0.2) is 5.48 Å². The number of hydroxylamine groups is 1. The summed E-state index contributed by atoms with van der Waals surface area (Å²) >= 11 is 0. The molecule has 1 aliphatic rings. The van der Waals surface area contributed by atoms with E-state index >= 15 is 0 Å². The number of likely N-dealkylation sites (N-methyl/N-ethyl adjacent to an activating group) is 1. The molecule has 1 aromatic heterocycles. The maximum absolute atomic E-state index is 11.2. The molecule has 1 amide bonds. The summed E-state index contributed by atoms with van der Waals surface area (Å²) in [4.78, 5) is 13.8. The summed E-state index contributed by atoms with van der Waals surface area (Å²) in [5.41, 5.74) is 6.64. The molecule has 1 atom stereocenters. The van der Waals surface area contributed by atoms with Crippen LogP contribution in [0.1, 0.15) is 36.1 Å². The molecule has 29 heavy (non-hydrogen) atoms. The van der Waals surface area contributed by atoms with Crippen molar-refractivity contribution in [2.75, 3.05) is 13.1 Å². The van der Waals surface area contributed by atoms with Crippen molar-refractivity contribution in [1.29, 1.82) is 0 Å². The van der Waals surface area contributed by atoms with Crippen LogP contribution in [-0.4, -0.2) is 33.7 Å². The van der Waals surface area contributed by atoms with Crippen molar-refractivity contribution >= 4 is 22.9 Å². The molecule has 0 saturated heterocycles. The van der Waals surface area contributed by atoms with Crippen LogP contribution in [0.3, 0.4) is 0 Å². The second kappa shape index (κ2) is 8.64. The molecule has 4 rings (SSSR count). The molecule has 0 bridgehead atoms. The molecule has 0 spiro atoms. The lowest BCUT2D eigenvalue weighted by atomic mass is 10.0. The zero-order valence-electron chi connectivity index (χ0n) is 16.7. The largest absolute Gasteiger partial charge is 0.346 e. The lowest BCUT2D eigenvalue weighted by molar-refractivity contribution is -0.124. The fourth-order valence-electron chi connectivity index (χ4n) is 4.41. The molecule has 0 radical (unpaired) electrons. The van der Waals surface area contributed by atoms with Gasteiger partial charge in [-0.2, -0.15) is 0 Å². The van der Waals surface area contributed by atoms with Crippen molar-refractivity contribution in [1.82, 2.24) is 14.9 Å². The summed E-state index contributed by atoms with van der Waals surface area (Å²) in [6.45, 7) is 5.24. The van der Waals surface area contributed by atoms with Crippen LogP contribution in [0.2, 0.25) is 0 Å².